The summed E-state index contributed by atoms with van der Waals surface area (Å²) >= 11 is 5.95. The Bertz CT molecular complexity index is 856. The Morgan fingerprint density at radius 3 is 2.46 bits per heavy atom. The quantitative estimate of drug-likeness (QED) is 0.658. The Morgan fingerprint density at radius 2 is 1.75 bits per heavy atom. The predicted octanol–water partition coefficient (Wildman–Crippen LogP) is 2.33. The van der Waals surface area contributed by atoms with Crippen molar-refractivity contribution in [3.8, 4) is 5.75 Å². The largest absolute Gasteiger partial charge is 0.496 e. The molecule has 0 radical (unpaired) electrons. The van der Waals surface area contributed by atoms with Gasteiger partial charge < -0.3 is 20.1 Å². The van der Waals surface area contributed by atoms with Gasteiger partial charge in [0.05, 0.1) is 17.7 Å². The number of esters is 1. The van der Waals surface area contributed by atoms with Crippen LogP contribution in [0.1, 0.15) is 22.8 Å². The molecule has 0 aliphatic heterocycles. The summed E-state index contributed by atoms with van der Waals surface area (Å²) in [6.45, 7) is 1.24. The van der Waals surface area contributed by atoms with E-state index in [0.717, 1.165) is 5.56 Å². The number of hydrogen-bond donors (Lipinski definition) is 2. The normalized spacial score (nSPS) is 11.2. The Labute approximate surface area is 168 Å². The Hall–Kier alpha value is -3.06. The molecule has 2 aromatic rings. The van der Waals surface area contributed by atoms with Crippen LogP contribution >= 0.6 is 11.6 Å². The number of methoxy groups -OCH3 is 1. The highest BCUT2D eigenvalue weighted by Gasteiger charge is 2.20. The lowest BCUT2D eigenvalue weighted by Crippen LogP contribution is -2.41. The lowest BCUT2D eigenvalue weighted by atomic mass is 10.2. The molecule has 8 heteroatoms. The van der Waals surface area contributed by atoms with Crippen LogP contribution < -0.4 is 15.4 Å². The number of nitrogens with one attached hydrogen (secondary N) is 2. The maximum atomic E-state index is 12.1. The van der Waals surface area contributed by atoms with E-state index in [9.17, 15) is 14.4 Å². The first-order valence-electron chi connectivity index (χ1n) is 8.53. The number of ether oxygens (including phenoxy) is 2. The molecule has 0 heterocycles. The van der Waals surface area contributed by atoms with E-state index in [4.69, 9.17) is 21.1 Å². The summed E-state index contributed by atoms with van der Waals surface area (Å²) in [5, 5.41) is 5.40. The van der Waals surface area contributed by atoms with Crippen LogP contribution in [0.2, 0.25) is 5.02 Å². The van der Waals surface area contributed by atoms with Crippen LogP contribution in [0.4, 0.5) is 0 Å². The van der Waals surface area contributed by atoms with Gasteiger partial charge in [0.15, 0.2) is 6.61 Å². The predicted molar refractivity (Wildman–Crippen MR) is 104 cm³/mol. The number of hydrogen-bond acceptors (Lipinski definition) is 5. The number of amides is 2. The van der Waals surface area contributed by atoms with E-state index in [1.54, 1.807) is 37.4 Å². The molecule has 1 atom stereocenters. The highest BCUT2D eigenvalue weighted by molar-refractivity contribution is 6.33. The molecule has 0 saturated heterocycles. The standard InChI is InChI=1S/C20H21ClN2O5/c1-13(23-19(25)15-8-4-5-9-16(15)21)20(26)28-12-18(24)22-11-14-7-3-6-10-17(14)27-2/h3-10,13H,11-12H2,1-2H3,(H,22,24)(H,23,25). The zero-order chi connectivity index (χ0) is 20.5. The Kier molecular flexibility index (Phi) is 7.83. The van der Waals surface area contributed by atoms with Crippen molar-refractivity contribution < 1.29 is 23.9 Å². The summed E-state index contributed by atoms with van der Waals surface area (Å²) in [7, 11) is 1.54. The van der Waals surface area contributed by atoms with Crippen molar-refractivity contribution in [2.45, 2.75) is 19.5 Å². The minimum atomic E-state index is -0.939. The summed E-state index contributed by atoms with van der Waals surface area (Å²) in [6, 6.07) is 12.8. The molecular weight excluding hydrogens is 384 g/mol. The van der Waals surface area contributed by atoms with Crippen molar-refractivity contribution in [3.63, 3.8) is 0 Å². The molecule has 28 heavy (non-hydrogen) atoms. The summed E-state index contributed by atoms with van der Waals surface area (Å²) in [6.07, 6.45) is 0. The average molecular weight is 405 g/mol. The second-order valence-corrected chi connectivity index (χ2v) is 6.28. The summed E-state index contributed by atoms with van der Waals surface area (Å²) in [5.41, 5.74) is 1.04. The number of benzene rings is 2. The van der Waals surface area contributed by atoms with Crippen molar-refractivity contribution in [1.82, 2.24) is 10.6 Å². The molecule has 2 aromatic carbocycles. The van der Waals surface area contributed by atoms with Crippen molar-refractivity contribution in [2.75, 3.05) is 13.7 Å². The van der Waals surface area contributed by atoms with Gasteiger partial charge in [-0.2, -0.15) is 0 Å². The highest BCUT2D eigenvalue weighted by atomic mass is 35.5. The van der Waals surface area contributed by atoms with Crippen LogP contribution in [-0.4, -0.2) is 37.5 Å². The van der Waals surface area contributed by atoms with E-state index in [2.05, 4.69) is 10.6 Å². The maximum Gasteiger partial charge on any atom is 0.328 e. The fourth-order valence-electron chi connectivity index (χ4n) is 2.33. The van der Waals surface area contributed by atoms with Gasteiger partial charge in [0.2, 0.25) is 0 Å². The number of carbonyl (C=O) groups is 3. The minimum absolute atomic E-state index is 0.235. The number of para-hydroxylation sites is 1. The molecule has 1 unspecified atom stereocenters. The zero-order valence-electron chi connectivity index (χ0n) is 15.5. The van der Waals surface area contributed by atoms with Crippen molar-refractivity contribution in [1.29, 1.82) is 0 Å². The van der Waals surface area contributed by atoms with Gasteiger partial charge in [0.25, 0.3) is 11.8 Å². The smallest absolute Gasteiger partial charge is 0.328 e. The highest BCUT2D eigenvalue weighted by Crippen LogP contribution is 2.16. The van der Waals surface area contributed by atoms with Crippen LogP contribution in [0.25, 0.3) is 0 Å². The van der Waals surface area contributed by atoms with E-state index in [-0.39, 0.29) is 17.1 Å². The van der Waals surface area contributed by atoms with E-state index in [1.165, 1.54) is 6.92 Å². The van der Waals surface area contributed by atoms with Gasteiger partial charge in [0, 0.05) is 12.1 Å². The molecule has 2 amide bonds. The second-order valence-electron chi connectivity index (χ2n) is 5.87. The zero-order valence-corrected chi connectivity index (χ0v) is 16.3. The Morgan fingerprint density at radius 1 is 1.07 bits per heavy atom. The second kappa shape index (κ2) is 10.3. The topological polar surface area (TPSA) is 93.7 Å². The third kappa shape index (κ3) is 5.99. The minimum Gasteiger partial charge on any atom is -0.496 e. The van der Waals surface area contributed by atoms with Gasteiger partial charge in [-0.25, -0.2) is 4.79 Å². The molecule has 2 N–H and O–H groups in total. The Balaban J connectivity index is 1.78. The SMILES string of the molecule is COc1ccccc1CNC(=O)COC(=O)C(C)NC(=O)c1ccccc1Cl. The van der Waals surface area contributed by atoms with E-state index in [0.29, 0.717) is 5.75 Å². The average Bonchev–Trinajstić information content (AvgIpc) is 2.70. The fourth-order valence-corrected chi connectivity index (χ4v) is 2.56. The van der Waals surface area contributed by atoms with Crippen LogP contribution in [0.15, 0.2) is 48.5 Å². The monoisotopic (exact) mass is 404 g/mol. The van der Waals surface area contributed by atoms with Gasteiger partial charge in [-0.15, -0.1) is 0 Å². The fraction of sp³-hybridized carbons (Fsp3) is 0.250. The summed E-state index contributed by atoms with van der Waals surface area (Å²) in [5.74, 6) is -1.05. The molecule has 148 valence electrons. The third-order valence-electron chi connectivity index (χ3n) is 3.83. The van der Waals surface area contributed by atoms with E-state index >= 15 is 0 Å². The lowest BCUT2D eigenvalue weighted by molar-refractivity contribution is -0.150. The molecule has 0 bridgehead atoms. The van der Waals surface area contributed by atoms with Gasteiger partial charge in [0.1, 0.15) is 11.8 Å². The maximum absolute atomic E-state index is 12.1. The molecule has 0 spiro atoms. The molecule has 0 fully saturated rings. The molecule has 0 aromatic heterocycles. The molecule has 0 saturated carbocycles. The lowest BCUT2D eigenvalue weighted by Gasteiger charge is -2.14. The van der Waals surface area contributed by atoms with E-state index in [1.807, 2.05) is 18.2 Å². The number of carbonyl (C=O) groups excluding carboxylic acids is 3. The van der Waals surface area contributed by atoms with E-state index < -0.39 is 30.4 Å². The van der Waals surface area contributed by atoms with Gasteiger partial charge in [-0.05, 0) is 25.1 Å². The number of halogens is 1. The van der Waals surface area contributed by atoms with Gasteiger partial charge in [-0.1, -0.05) is 41.9 Å². The first-order chi connectivity index (χ1) is 13.4. The first-order valence-corrected chi connectivity index (χ1v) is 8.90. The summed E-state index contributed by atoms with van der Waals surface area (Å²) < 4.78 is 10.2. The number of rotatable bonds is 8. The van der Waals surface area contributed by atoms with Crippen molar-refractivity contribution >= 4 is 29.4 Å². The van der Waals surface area contributed by atoms with Crippen molar-refractivity contribution in [3.05, 3.63) is 64.7 Å². The van der Waals surface area contributed by atoms with Gasteiger partial charge >= 0.3 is 5.97 Å². The molecule has 2 rings (SSSR count). The third-order valence-corrected chi connectivity index (χ3v) is 4.16. The van der Waals surface area contributed by atoms with Crippen LogP contribution in [-0.2, 0) is 20.9 Å². The molecule has 0 aliphatic rings. The van der Waals surface area contributed by atoms with Crippen LogP contribution in [0, 0.1) is 0 Å². The van der Waals surface area contributed by atoms with Crippen LogP contribution in [0.5, 0.6) is 5.75 Å². The summed E-state index contributed by atoms with van der Waals surface area (Å²) in [4.78, 5) is 36.0. The molecular formula is C20H21ClN2O5. The molecule has 7 nitrogen and oxygen atoms in total. The van der Waals surface area contributed by atoms with Gasteiger partial charge in [-0.3, -0.25) is 9.59 Å². The first kappa shape index (κ1) is 21.2. The van der Waals surface area contributed by atoms with Crippen LogP contribution in [0.3, 0.4) is 0 Å². The van der Waals surface area contributed by atoms with Crippen molar-refractivity contribution in [2.24, 2.45) is 0 Å². The molecule has 0 aliphatic carbocycles.